The molecule has 1 N–H and O–H groups in total. The molecular weight excluding hydrogens is 252 g/mol. The van der Waals surface area contributed by atoms with Crippen LogP contribution in [0.25, 0.3) is 0 Å². The molecule has 0 aromatic heterocycles. The van der Waals surface area contributed by atoms with Gasteiger partial charge in [-0.2, -0.15) is 0 Å². The lowest BCUT2D eigenvalue weighted by Gasteiger charge is -2.20. The van der Waals surface area contributed by atoms with Crippen LogP contribution in [-0.4, -0.2) is 23.3 Å². The summed E-state index contributed by atoms with van der Waals surface area (Å²) in [7, 11) is 0. The van der Waals surface area contributed by atoms with Gasteiger partial charge in [-0.1, -0.05) is 19.1 Å². The third-order valence-corrected chi connectivity index (χ3v) is 4.45. The van der Waals surface area contributed by atoms with Crippen LogP contribution in [-0.2, 0) is 9.53 Å². The lowest BCUT2D eigenvalue weighted by atomic mass is 9.90. The minimum atomic E-state index is -0.557. The molecular formula is C17H26O3. The van der Waals surface area contributed by atoms with Crippen molar-refractivity contribution in [2.75, 3.05) is 0 Å². The van der Waals surface area contributed by atoms with Crippen molar-refractivity contribution < 1.29 is 14.6 Å². The third kappa shape index (κ3) is 4.20. The molecule has 0 saturated heterocycles. The molecule has 2 rings (SSSR count). The van der Waals surface area contributed by atoms with E-state index in [0.29, 0.717) is 11.8 Å². The zero-order chi connectivity index (χ0) is 14.5. The van der Waals surface area contributed by atoms with Gasteiger partial charge in [-0.3, -0.25) is 0 Å². The maximum absolute atomic E-state index is 11.7. The quantitative estimate of drug-likeness (QED) is 0.546. The van der Waals surface area contributed by atoms with E-state index in [-0.39, 0.29) is 18.0 Å². The van der Waals surface area contributed by atoms with Gasteiger partial charge < -0.3 is 9.84 Å². The first-order chi connectivity index (χ1) is 9.56. The summed E-state index contributed by atoms with van der Waals surface area (Å²) in [5, 5.41) is 10.3. The zero-order valence-electron chi connectivity index (χ0n) is 12.5. The average Bonchev–Trinajstić information content (AvgIpc) is 2.76. The zero-order valence-corrected chi connectivity index (χ0v) is 12.5. The minimum Gasteiger partial charge on any atom is -0.460 e. The molecule has 1 heterocycles. The van der Waals surface area contributed by atoms with Gasteiger partial charge in [0.1, 0.15) is 0 Å². The van der Waals surface area contributed by atoms with Crippen molar-refractivity contribution in [2.45, 2.75) is 58.2 Å². The van der Waals surface area contributed by atoms with Crippen molar-refractivity contribution in [2.24, 2.45) is 17.8 Å². The first kappa shape index (κ1) is 15.3. The maximum Gasteiger partial charge on any atom is 0.330 e. The first-order valence-corrected chi connectivity index (χ1v) is 7.80. The largest absolute Gasteiger partial charge is 0.460 e. The molecule has 3 nitrogen and oxygen atoms in total. The van der Waals surface area contributed by atoms with E-state index in [2.05, 4.69) is 19.1 Å². The Labute approximate surface area is 121 Å². The Morgan fingerprint density at radius 3 is 2.85 bits per heavy atom. The number of ether oxygens (including phenoxy) is 1. The predicted molar refractivity (Wildman–Crippen MR) is 79.1 cm³/mol. The molecule has 1 fully saturated rings. The highest BCUT2D eigenvalue weighted by molar-refractivity contribution is 5.82. The highest BCUT2D eigenvalue weighted by Crippen LogP contribution is 2.39. The van der Waals surface area contributed by atoms with Gasteiger partial charge >= 0.3 is 5.97 Å². The van der Waals surface area contributed by atoms with Crippen LogP contribution in [0.1, 0.15) is 46.0 Å². The summed E-state index contributed by atoms with van der Waals surface area (Å²) in [6.45, 7) is 4.15. The SMILES string of the molecule is C[C@@H]1C[C@H]2[C@H](O)/C=C/C(=O)O[C@@H](C)CCC/C=C/[C@@H]2C1. The lowest BCUT2D eigenvalue weighted by Crippen LogP contribution is -2.21. The van der Waals surface area contributed by atoms with Gasteiger partial charge in [-0.15, -0.1) is 0 Å². The topological polar surface area (TPSA) is 46.5 Å². The number of aliphatic hydroxyl groups excluding tert-OH is 1. The lowest BCUT2D eigenvalue weighted by molar-refractivity contribution is -0.142. The molecule has 0 radical (unpaired) electrons. The molecule has 0 bridgehead atoms. The Morgan fingerprint density at radius 2 is 2.05 bits per heavy atom. The number of carbonyl (C=O) groups excluding carboxylic acids is 1. The second-order valence-corrected chi connectivity index (χ2v) is 6.36. The first-order valence-electron chi connectivity index (χ1n) is 7.80. The standard InChI is InChI=1S/C17H26O3/c1-12-10-14-7-5-3-4-6-13(2)20-17(19)9-8-16(18)15(14)11-12/h5,7-9,12-16,18H,3-4,6,10-11H2,1-2H3/b7-5+,9-8+/t12-,13-,14+,15+,16+/m0/s1. The molecule has 2 aliphatic rings. The fraction of sp³-hybridized carbons (Fsp3) is 0.706. The number of rotatable bonds is 0. The van der Waals surface area contributed by atoms with Gasteiger partial charge in [-0.25, -0.2) is 4.79 Å². The van der Waals surface area contributed by atoms with E-state index in [9.17, 15) is 9.90 Å². The highest BCUT2D eigenvalue weighted by atomic mass is 16.5. The van der Waals surface area contributed by atoms with Crippen molar-refractivity contribution in [1.29, 1.82) is 0 Å². The number of cyclic esters (lactones) is 1. The fourth-order valence-electron chi connectivity index (χ4n) is 3.40. The summed E-state index contributed by atoms with van der Waals surface area (Å²) >= 11 is 0. The number of aliphatic hydroxyl groups is 1. The molecule has 0 aromatic rings. The molecule has 0 aromatic carbocycles. The Hall–Kier alpha value is -1.09. The normalized spacial score (nSPS) is 42.5. The molecule has 0 spiro atoms. The molecule has 1 saturated carbocycles. The van der Waals surface area contributed by atoms with E-state index in [1.54, 1.807) is 6.08 Å². The molecule has 5 atom stereocenters. The number of allylic oxidation sites excluding steroid dienone is 2. The molecule has 0 amide bonds. The molecule has 1 aliphatic heterocycles. The van der Waals surface area contributed by atoms with Crippen LogP contribution in [0.5, 0.6) is 0 Å². The number of fused-ring (bicyclic) bond motifs is 1. The van der Waals surface area contributed by atoms with E-state index in [1.165, 1.54) is 6.08 Å². The van der Waals surface area contributed by atoms with E-state index in [4.69, 9.17) is 4.74 Å². The molecule has 3 heteroatoms. The molecule has 112 valence electrons. The van der Waals surface area contributed by atoms with Crippen molar-refractivity contribution in [3.63, 3.8) is 0 Å². The average molecular weight is 278 g/mol. The van der Waals surface area contributed by atoms with E-state index >= 15 is 0 Å². The van der Waals surface area contributed by atoms with Crippen molar-refractivity contribution in [1.82, 2.24) is 0 Å². The van der Waals surface area contributed by atoms with Crippen LogP contribution >= 0.6 is 0 Å². The van der Waals surface area contributed by atoms with Gasteiger partial charge in [-0.05, 0) is 62.9 Å². The maximum atomic E-state index is 11.7. The van der Waals surface area contributed by atoms with Crippen LogP contribution in [0.15, 0.2) is 24.3 Å². The Bertz CT molecular complexity index is 386. The van der Waals surface area contributed by atoms with Crippen LogP contribution in [0.4, 0.5) is 0 Å². The van der Waals surface area contributed by atoms with E-state index in [1.807, 2.05) is 6.92 Å². The smallest absolute Gasteiger partial charge is 0.330 e. The van der Waals surface area contributed by atoms with E-state index in [0.717, 1.165) is 32.1 Å². The molecule has 1 aliphatic carbocycles. The third-order valence-electron chi connectivity index (χ3n) is 4.45. The van der Waals surface area contributed by atoms with Crippen LogP contribution in [0, 0.1) is 17.8 Å². The Balaban J connectivity index is 2.11. The Kier molecular flexibility index (Phi) is 5.41. The summed E-state index contributed by atoms with van der Waals surface area (Å²) in [4.78, 5) is 11.7. The Morgan fingerprint density at radius 1 is 1.25 bits per heavy atom. The predicted octanol–water partition coefficient (Wildman–Crippen LogP) is 3.24. The summed E-state index contributed by atoms with van der Waals surface area (Å²) in [5.74, 6) is 0.950. The summed E-state index contributed by atoms with van der Waals surface area (Å²) < 4.78 is 5.28. The van der Waals surface area contributed by atoms with E-state index < -0.39 is 6.10 Å². The van der Waals surface area contributed by atoms with Gasteiger partial charge in [0.05, 0.1) is 12.2 Å². The van der Waals surface area contributed by atoms with Gasteiger partial charge in [0.2, 0.25) is 0 Å². The second-order valence-electron chi connectivity index (χ2n) is 6.36. The molecule has 20 heavy (non-hydrogen) atoms. The van der Waals surface area contributed by atoms with Crippen molar-refractivity contribution in [3.8, 4) is 0 Å². The second kappa shape index (κ2) is 7.07. The van der Waals surface area contributed by atoms with Gasteiger partial charge in [0, 0.05) is 6.08 Å². The van der Waals surface area contributed by atoms with Crippen molar-refractivity contribution in [3.05, 3.63) is 24.3 Å². The monoisotopic (exact) mass is 278 g/mol. The fourth-order valence-corrected chi connectivity index (χ4v) is 3.40. The minimum absolute atomic E-state index is 0.0574. The van der Waals surface area contributed by atoms with Crippen LogP contribution in [0.3, 0.4) is 0 Å². The van der Waals surface area contributed by atoms with Crippen LogP contribution < -0.4 is 0 Å². The molecule has 0 unspecified atom stereocenters. The number of esters is 1. The number of carbonyl (C=O) groups is 1. The summed E-state index contributed by atoms with van der Waals surface area (Å²) in [6, 6.07) is 0. The van der Waals surface area contributed by atoms with Crippen LogP contribution in [0.2, 0.25) is 0 Å². The summed E-state index contributed by atoms with van der Waals surface area (Å²) in [5.41, 5.74) is 0. The highest BCUT2D eigenvalue weighted by Gasteiger charge is 2.34. The number of hydrogen-bond acceptors (Lipinski definition) is 3. The van der Waals surface area contributed by atoms with Gasteiger partial charge in [0.15, 0.2) is 0 Å². The number of hydrogen-bond donors (Lipinski definition) is 1. The van der Waals surface area contributed by atoms with Gasteiger partial charge in [0.25, 0.3) is 0 Å². The van der Waals surface area contributed by atoms with Crippen molar-refractivity contribution >= 4 is 5.97 Å². The summed E-state index contributed by atoms with van der Waals surface area (Å²) in [6.07, 6.45) is 12.0.